The molecule has 1 aromatic carbocycles. The Morgan fingerprint density at radius 1 is 1.13 bits per heavy atom. The molecule has 5 rings (SSSR count). The molecule has 0 atom stereocenters. The number of hydrogen-bond donors (Lipinski definition) is 1. The maximum Gasteiger partial charge on any atom is 0.222 e. The van der Waals surface area contributed by atoms with Gasteiger partial charge in [0.1, 0.15) is 17.8 Å². The number of benzene rings is 1. The molecule has 1 N–H and O–H groups in total. The molecule has 1 aliphatic carbocycles. The second kappa shape index (κ2) is 9.95. The van der Waals surface area contributed by atoms with Crippen LogP contribution in [0.4, 0.5) is 24.8 Å². The molecule has 2 aliphatic rings. The topological polar surface area (TPSA) is 108 Å². The lowest BCUT2D eigenvalue weighted by atomic mass is 9.65. The first kappa shape index (κ1) is 26.0. The van der Waals surface area contributed by atoms with Gasteiger partial charge in [-0.25, -0.2) is 31.6 Å². The molecule has 0 spiro atoms. The molecule has 0 radical (unpaired) electrons. The van der Waals surface area contributed by atoms with Gasteiger partial charge in [0.05, 0.1) is 18.0 Å². The molecular formula is C25H25F3N6O3S. The third-order valence-corrected chi connectivity index (χ3v) is 8.32. The quantitative estimate of drug-likeness (QED) is 0.411. The lowest BCUT2D eigenvalue weighted by molar-refractivity contribution is -0.108. The predicted molar refractivity (Wildman–Crippen MR) is 135 cm³/mol. The van der Waals surface area contributed by atoms with Gasteiger partial charge in [-0.2, -0.15) is 4.31 Å². The van der Waals surface area contributed by atoms with Gasteiger partial charge in [0, 0.05) is 60.5 Å². The van der Waals surface area contributed by atoms with Gasteiger partial charge in [0.25, 0.3) is 0 Å². The zero-order valence-corrected chi connectivity index (χ0v) is 21.2. The zero-order valence-electron chi connectivity index (χ0n) is 20.4. The summed E-state index contributed by atoms with van der Waals surface area (Å²) in [7, 11) is -3.35. The van der Waals surface area contributed by atoms with Crippen LogP contribution in [0.2, 0.25) is 0 Å². The van der Waals surface area contributed by atoms with E-state index < -0.39 is 33.2 Å². The van der Waals surface area contributed by atoms with Crippen LogP contribution >= 0.6 is 0 Å². The van der Waals surface area contributed by atoms with Crippen LogP contribution in [0, 0.1) is 11.6 Å². The molecule has 1 saturated heterocycles. The number of nitrogens with one attached hydrogen (secondary N) is 1. The van der Waals surface area contributed by atoms with E-state index in [2.05, 4.69) is 20.3 Å². The highest BCUT2D eigenvalue weighted by atomic mass is 32.2. The summed E-state index contributed by atoms with van der Waals surface area (Å²) in [5.74, 6) is -0.848. The van der Waals surface area contributed by atoms with E-state index in [1.807, 2.05) is 0 Å². The number of carbonyl (C=O) groups excluding carboxylic acids is 1. The molecule has 1 saturated carbocycles. The molecular weight excluding hydrogens is 521 g/mol. The van der Waals surface area contributed by atoms with Crippen LogP contribution in [0.3, 0.4) is 0 Å². The first-order valence-electron chi connectivity index (χ1n) is 11.9. The summed E-state index contributed by atoms with van der Waals surface area (Å²) in [4.78, 5) is 25.7. The van der Waals surface area contributed by atoms with Crippen molar-refractivity contribution in [1.82, 2.24) is 19.3 Å². The number of nitrogens with zero attached hydrogens (tertiary/aromatic N) is 5. The van der Waals surface area contributed by atoms with Crippen LogP contribution < -0.4 is 10.2 Å². The van der Waals surface area contributed by atoms with Crippen molar-refractivity contribution in [3.63, 3.8) is 0 Å². The Balaban J connectivity index is 1.30. The minimum atomic E-state index is -3.35. The molecule has 1 amide bonds. The van der Waals surface area contributed by atoms with Gasteiger partial charge in [-0.3, -0.25) is 9.78 Å². The Morgan fingerprint density at radius 2 is 1.84 bits per heavy atom. The van der Waals surface area contributed by atoms with Gasteiger partial charge in [0.2, 0.25) is 22.4 Å². The smallest absolute Gasteiger partial charge is 0.222 e. The summed E-state index contributed by atoms with van der Waals surface area (Å²) in [6.07, 6.45) is 5.18. The molecule has 9 nitrogen and oxygen atoms in total. The molecule has 200 valence electrons. The van der Waals surface area contributed by atoms with Crippen molar-refractivity contribution in [2.75, 3.05) is 36.1 Å². The fourth-order valence-electron chi connectivity index (χ4n) is 4.91. The molecule has 13 heteroatoms. The van der Waals surface area contributed by atoms with E-state index in [0.717, 1.165) is 6.26 Å². The van der Waals surface area contributed by atoms with Crippen LogP contribution in [0.25, 0.3) is 11.1 Å². The molecule has 0 unspecified atom stereocenters. The number of hydrogen-bond acceptors (Lipinski definition) is 7. The van der Waals surface area contributed by atoms with Gasteiger partial charge >= 0.3 is 0 Å². The fourth-order valence-corrected chi connectivity index (χ4v) is 5.79. The van der Waals surface area contributed by atoms with E-state index in [4.69, 9.17) is 0 Å². The lowest BCUT2D eigenvalue weighted by Gasteiger charge is -2.43. The standard InChI is InChI=1S/C25H25F3N6O3S/c1-38(36,37)33-12-19(13-33)34(15-35)18-4-5-21(27)20(7-18)16-10-30-24(31-11-16)32-14-25(8-17(26)9-25)23-22(28)3-2-6-29-23/h2-7,10-11,15,17,19H,8-9,12-14H2,1H3,(H,30,31,32). The number of alkyl halides is 1. The summed E-state index contributed by atoms with van der Waals surface area (Å²) in [5.41, 5.74) is 0.292. The Kier molecular flexibility index (Phi) is 6.82. The van der Waals surface area contributed by atoms with Crippen LogP contribution in [0.1, 0.15) is 18.5 Å². The van der Waals surface area contributed by atoms with E-state index in [1.54, 1.807) is 0 Å². The maximum atomic E-state index is 14.7. The first-order valence-corrected chi connectivity index (χ1v) is 13.7. The molecule has 1 aliphatic heterocycles. The minimum Gasteiger partial charge on any atom is -0.353 e. The average Bonchev–Trinajstić information content (AvgIpc) is 2.83. The van der Waals surface area contributed by atoms with Crippen LogP contribution in [0.15, 0.2) is 48.9 Å². The minimum absolute atomic E-state index is 0.125. The number of anilines is 2. The summed E-state index contributed by atoms with van der Waals surface area (Å²) in [5, 5.41) is 3.01. The van der Waals surface area contributed by atoms with Gasteiger partial charge in [-0.05, 0) is 43.2 Å². The molecule has 3 aromatic rings. The normalized spacial score (nSPS) is 21.8. The number of amides is 1. The Bertz CT molecular complexity index is 1440. The SMILES string of the molecule is CS(=O)(=O)N1CC(N(C=O)c2ccc(F)c(-c3cnc(NCC4(c5ncccc5F)CC(F)C4)nc3)c2)C1. The second-order valence-corrected chi connectivity index (χ2v) is 11.7. The van der Waals surface area contributed by atoms with E-state index in [0.29, 0.717) is 17.7 Å². The maximum absolute atomic E-state index is 14.7. The van der Waals surface area contributed by atoms with E-state index in [-0.39, 0.29) is 55.7 Å². The Morgan fingerprint density at radius 3 is 2.45 bits per heavy atom. The monoisotopic (exact) mass is 546 g/mol. The van der Waals surface area contributed by atoms with Crippen LogP contribution in [-0.4, -0.2) is 72.2 Å². The van der Waals surface area contributed by atoms with Gasteiger partial charge in [-0.1, -0.05) is 0 Å². The third-order valence-electron chi connectivity index (χ3n) is 7.09. The second-order valence-electron chi connectivity index (χ2n) is 9.68. The number of pyridine rings is 1. The van der Waals surface area contributed by atoms with Gasteiger partial charge in [-0.15, -0.1) is 0 Å². The lowest BCUT2D eigenvalue weighted by Crippen LogP contribution is -2.60. The average molecular weight is 547 g/mol. The molecule has 2 aromatic heterocycles. The van der Waals surface area contributed by atoms with Crippen molar-refractivity contribution in [2.45, 2.75) is 30.5 Å². The molecule has 3 heterocycles. The Hall–Kier alpha value is -3.58. The van der Waals surface area contributed by atoms with Crippen molar-refractivity contribution >= 4 is 28.1 Å². The summed E-state index contributed by atoms with van der Waals surface area (Å²) in [6.45, 7) is 0.479. The molecule has 38 heavy (non-hydrogen) atoms. The van der Waals surface area contributed by atoms with Crippen LogP contribution in [0.5, 0.6) is 0 Å². The van der Waals surface area contributed by atoms with Crippen molar-refractivity contribution < 1.29 is 26.4 Å². The van der Waals surface area contributed by atoms with E-state index in [1.165, 1.54) is 58.1 Å². The number of rotatable bonds is 9. The van der Waals surface area contributed by atoms with Crippen molar-refractivity contribution in [2.24, 2.45) is 0 Å². The Labute approximate surface area is 217 Å². The summed E-state index contributed by atoms with van der Waals surface area (Å²) >= 11 is 0. The number of carbonyl (C=O) groups is 1. The highest BCUT2D eigenvalue weighted by Gasteiger charge is 2.48. The number of aromatic nitrogens is 3. The summed E-state index contributed by atoms with van der Waals surface area (Å²) < 4.78 is 67.4. The van der Waals surface area contributed by atoms with E-state index >= 15 is 0 Å². The van der Waals surface area contributed by atoms with Crippen molar-refractivity contribution in [1.29, 1.82) is 0 Å². The largest absolute Gasteiger partial charge is 0.353 e. The first-order chi connectivity index (χ1) is 18.1. The summed E-state index contributed by atoms with van der Waals surface area (Å²) in [6, 6.07) is 6.55. The van der Waals surface area contributed by atoms with Gasteiger partial charge in [0.15, 0.2) is 0 Å². The zero-order chi connectivity index (χ0) is 27.1. The molecule has 0 bridgehead atoms. The van der Waals surface area contributed by atoms with E-state index in [9.17, 15) is 26.4 Å². The van der Waals surface area contributed by atoms with Crippen LogP contribution in [-0.2, 0) is 20.2 Å². The third kappa shape index (κ3) is 4.95. The van der Waals surface area contributed by atoms with Crippen molar-refractivity contribution in [3.8, 4) is 11.1 Å². The molecule has 2 fully saturated rings. The number of sulfonamides is 1. The fraction of sp³-hybridized carbons (Fsp3) is 0.360. The highest BCUT2D eigenvalue weighted by Crippen LogP contribution is 2.45. The van der Waals surface area contributed by atoms with Gasteiger partial charge < -0.3 is 10.2 Å². The highest BCUT2D eigenvalue weighted by molar-refractivity contribution is 7.88. The number of halogens is 3. The van der Waals surface area contributed by atoms with Crippen molar-refractivity contribution in [3.05, 3.63) is 66.3 Å². The predicted octanol–water partition coefficient (Wildman–Crippen LogP) is 2.91.